The van der Waals surface area contributed by atoms with Gasteiger partial charge in [0.25, 0.3) is 0 Å². The van der Waals surface area contributed by atoms with Crippen molar-refractivity contribution in [2.45, 2.75) is 26.3 Å². The first-order valence-corrected chi connectivity index (χ1v) is 6.04. The van der Waals surface area contributed by atoms with E-state index in [1.807, 2.05) is 0 Å². The zero-order valence-electron chi connectivity index (χ0n) is 10.6. The van der Waals surface area contributed by atoms with Gasteiger partial charge in [-0.25, -0.2) is 0 Å². The van der Waals surface area contributed by atoms with Gasteiger partial charge >= 0.3 is 0 Å². The highest BCUT2D eigenvalue weighted by Gasteiger charge is 2.27. The van der Waals surface area contributed by atoms with E-state index in [0.29, 0.717) is 12.0 Å². The number of nitrogens with one attached hydrogen (secondary N) is 1. The molecule has 90 valence electrons. The average molecular weight is 214 g/mol. The molecule has 3 heteroatoms. The second-order valence-electron chi connectivity index (χ2n) is 5.17. The largest absolute Gasteiger partial charge is 0.384 e. The first-order chi connectivity index (χ1) is 7.13. The zero-order valence-corrected chi connectivity index (χ0v) is 10.6. The standard InChI is InChI=1S/C12H26N2O/c1-10(2)7-13-12-5-6-14(3)8-11(12)9-15-4/h10-13H,5-9H2,1-4H3. The molecule has 1 rings (SSSR count). The summed E-state index contributed by atoms with van der Waals surface area (Å²) in [6.45, 7) is 8.87. The summed E-state index contributed by atoms with van der Waals surface area (Å²) < 4.78 is 5.30. The summed E-state index contributed by atoms with van der Waals surface area (Å²) in [5.74, 6) is 1.38. The second-order valence-corrected chi connectivity index (χ2v) is 5.17. The van der Waals surface area contributed by atoms with Gasteiger partial charge in [0.15, 0.2) is 0 Å². The molecule has 1 fully saturated rings. The van der Waals surface area contributed by atoms with Crippen LogP contribution in [0, 0.1) is 11.8 Å². The summed E-state index contributed by atoms with van der Waals surface area (Å²) in [6.07, 6.45) is 1.25. The van der Waals surface area contributed by atoms with Crippen LogP contribution in [-0.2, 0) is 4.74 Å². The lowest BCUT2D eigenvalue weighted by Crippen LogP contribution is -2.50. The first-order valence-electron chi connectivity index (χ1n) is 6.04. The van der Waals surface area contributed by atoms with Crippen LogP contribution in [0.5, 0.6) is 0 Å². The molecule has 0 spiro atoms. The predicted molar refractivity (Wildman–Crippen MR) is 64.1 cm³/mol. The smallest absolute Gasteiger partial charge is 0.0517 e. The van der Waals surface area contributed by atoms with Gasteiger partial charge in [0.2, 0.25) is 0 Å². The number of ether oxygens (including phenoxy) is 1. The molecule has 0 aliphatic carbocycles. The Labute approximate surface area is 94.2 Å². The molecule has 2 atom stereocenters. The molecule has 15 heavy (non-hydrogen) atoms. The van der Waals surface area contributed by atoms with E-state index in [0.717, 1.165) is 25.6 Å². The van der Waals surface area contributed by atoms with Crippen LogP contribution in [0.15, 0.2) is 0 Å². The average Bonchev–Trinajstić information content (AvgIpc) is 2.17. The van der Waals surface area contributed by atoms with Crippen LogP contribution in [0.4, 0.5) is 0 Å². The lowest BCUT2D eigenvalue weighted by Gasteiger charge is -2.37. The van der Waals surface area contributed by atoms with Crippen LogP contribution in [0.2, 0.25) is 0 Å². The Hall–Kier alpha value is -0.120. The Morgan fingerprint density at radius 3 is 2.80 bits per heavy atom. The van der Waals surface area contributed by atoms with Crippen molar-refractivity contribution in [3.63, 3.8) is 0 Å². The third kappa shape index (κ3) is 4.49. The highest BCUT2D eigenvalue weighted by Crippen LogP contribution is 2.16. The molecule has 1 aliphatic rings. The predicted octanol–water partition coefficient (Wildman–Crippen LogP) is 1.20. The van der Waals surface area contributed by atoms with E-state index < -0.39 is 0 Å². The van der Waals surface area contributed by atoms with Crippen molar-refractivity contribution < 1.29 is 4.74 Å². The minimum Gasteiger partial charge on any atom is -0.384 e. The molecular weight excluding hydrogens is 188 g/mol. The molecule has 1 N–H and O–H groups in total. The number of piperidine rings is 1. The molecule has 1 aliphatic heterocycles. The van der Waals surface area contributed by atoms with E-state index in [-0.39, 0.29) is 0 Å². The molecule has 1 heterocycles. The molecule has 3 nitrogen and oxygen atoms in total. The van der Waals surface area contributed by atoms with Crippen molar-refractivity contribution in [3.05, 3.63) is 0 Å². The van der Waals surface area contributed by atoms with Gasteiger partial charge in [-0.3, -0.25) is 0 Å². The SMILES string of the molecule is COCC1CN(C)CCC1NCC(C)C. The van der Waals surface area contributed by atoms with Crippen molar-refractivity contribution >= 4 is 0 Å². The monoisotopic (exact) mass is 214 g/mol. The summed E-state index contributed by atoms with van der Waals surface area (Å²) in [7, 11) is 4.00. The van der Waals surface area contributed by atoms with Gasteiger partial charge in [-0.15, -0.1) is 0 Å². The van der Waals surface area contributed by atoms with Crippen LogP contribution in [-0.4, -0.2) is 51.3 Å². The van der Waals surface area contributed by atoms with Gasteiger partial charge in [-0.1, -0.05) is 13.8 Å². The first kappa shape index (κ1) is 12.9. The number of likely N-dealkylation sites (tertiary alicyclic amines) is 1. The summed E-state index contributed by atoms with van der Waals surface area (Å²) in [4.78, 5) is 2.40. The molecule has 0 aromatic rings. The lowest BCUT2D eigenvalue weighted by atomic mass is 9.92. The van der Waals surface area contributed by atoms with Gasteiger partial charge in [0.05, 0.1) is 6.61 Å². The number of hydrogen-bond donors (Lipinski definition) is 1. The van der Waals surface area contributed by atoms with Crippen molar-refractivity contribution in [3.8, 4) is 0 Å². The van der Waals surface area contributed by atoms with E-state index in [1.54, 1.807) is 7.11 Å². The van der Waals surface area contributed by atoms with Crippen molar-refractivity contribution in [2.24, 2.45) is 11.8 Å². The molecule has 0 aromatic carbocycles. The van der Waals surface area contributed by atoms with Crippen molar-refractivity contribution in [1.82, 2.24) is 10.2 Å². The van der Waals surface area contributed by atoms with E-state index in [2.05, 4.69) is 31.1 Å². The molecule has 0 saturated carbocycles. The Morgan fingerprint density at radius 2 is 2.20 bits per heavy atom. The Balaban J connectivity index is 2.37. The minimum absolute atomic E-state index is 0.642. The van der Waals surface area contributed by atoms with Gasteiger partial charge in [-0.05, 0) is 32.5 Å². The number of methoxy groups -OCH3 is 1. The fourth-order valence-electron chi connectivity index (χ4n) is 2.25. The maximum Gasteiger partial charge on any atom is 0.0517 e. The van der Waals surface area contributed by atoms with Crippen LogP contribution in [0.1, 0.15) is 20.3 Å². The highest BCUT2D eigenvalue weighted by atomic mass is 16.5. The topological polar surface area (TPSA) is 24.5 Å². The van der Waals surface area contributed by atoms with Gasteiger partial charge in [0, 0.05) is 25.6 Å². The highest BCUT2D eigenvalue weighted by molar-refractivity contribution is 4.84. The van der Waals surface area contributed by atoms with E-state index in [1.165, 1.54) is 13.0 Å². The number of rotatable bonds is 5. The molecule has 0 amide bonds. The summed E-state index contributed by atoms with van der Waals surface area (Å²) in [6, 6.07) is 0.642. The van der Waals surface area contributed by atoms with E-state index >= 15 is 0 Å². The Kier molecular flexibility index (Phi) is 5.58. The normalized spacial score (nSPS) is 28.6. The van der Waals surface area contributed by atoms with Gasteiger partial charge in [0.1, 0.15) is 0 Å². The summed E-state index contributed by atoms with van der Waals surface area (Å²) in [5, 5.41) is 3.67. The number of nitrogens with zero attached hydrogens (tertiary/aromatic N) is 1. The third-order valence-electron chi connectivity index (χ3n) is 3.11. The Bertz CT molecular complexity index is 173. The van der Waals surface area contributed by atoms with Crippen LogP contribution in [0.3, 0.4) is 0 Å². The zero-order chi connectivity index (χ0) is 11.3. The fourth-order valence-corrected chi connectivity index (χ4v) is 2.25. The number of hydrogen-bond acceptors (Lipinski definition) is 3. The molecule has 2 unspecified atom stereocenters. The van der Waals surface area contributed by atoms with E-state index in [9.17, 15) is 0 Å². The third-order valence-corrected chi connectivity index (χ3v) is 3.11. The van der Waals surface area contributed by atoms with Crippen molar-refractivity contribution in [2.75, 3.05) is 40.4 Å². The van der Waals surface area contributed by atoms with Crippen LogP contribution < -0.4 is 5.32 Å². The summed E-state index contributed by atoms with van der Waals surface area (Å²) in [5.41, 5.74) is 0. The minimum atomic E-state index is 0.642. The lowest BCUT2D eigenvalue weighted by molar-refractivity contribution is 0.0760. The maximum atomic E-state index is 5.30. The van der Waals surface area contributed by atoms with Gasteiger partial charge < -0.3 is 15.0 Å². The van der Waals surface area contributed by atoms with Gasteiger partial charge in [-0.2, -0.15) is 0 Å². The van der Waals surface area contributed by atoms with Crippen LogP contribution >= 0.6 is 0 Å². The molecule has 1 saturated heterocycles. The van der Waals surface area contributed by atoms with Crippen molar-refractivity contribution in [1.29, 1.82) is 0 Å². The molecule has 0 bridgehead atoms. The Morgan fingerprint density at radius 1 is 1.47 bits per heavy atom. The van der Waals surface area contributed by atoms with E-state index in [4.69, 9.17) is 4.74 Å². The fraction of sp³-hybridized carbons (Fsp3) is 1.00. The molecular formula is C12H26N2O. The molecule has 0 radical (unpaired) electrons. The quantitative estimate of drug-likeness (QED) is 0.744. The van der Waals surface area contributed by atoms with Crippen LogP contribution in [0.25, 0.3) is 0 Å². The second kappa shape index (κ2) is 6.46. The maximum absolute atomic E-state index is 5.30. The summed E-state index contributed by atoms with van der Waals surface area (Å²) >= 11 is 0. The molecule has 0 aromatic heterocycles.